The first-order valence-electron chi connectivity index (χ1n) is 10.5. The zero-order chi connectivity index (χ0) is 22.2. The molecule has 32 heavy (non-hydrogen) atoms. The maximum absolute atomic E-state index is 13.3. The maximum atomic E-state index is 13.3. The summed E-state index contributed by atoms with van der Waals surface area (Å²) in [5.41, 5.74) is 4.62. The van der Waals surface area contributed by atoms with Crippen LogP contribution in [-0.4, -0.2) is 20.2 Å². The number of rotatable bonds is 5. The predicted molar refractivity (Wildman–Crippen MR) is 127 cm³/mol. The van der Waals surface area contributed by atoms with E-state index in [1.807, 2.05) is 96.6 Å². The van der Waals surface area contributed by atoms with Gasteiger partial charge >= 0.3 is 5.97 Å². The second-order valence-corrected chi connectivity index (χ2v) is 7.96. The molecule has 0 atom stereocenters. The zero-order valence-corrected chi connectivity index (χ0v) is 17.7. The number of pyridine rings is 1. The fourth-order valence-electron chi connectivity index (χ4n) is 4.55. The van der Waals surface area contributed by atoms with Crippen LogP contribution in [0.2, 0.25) is 0 Å². The Morgan fingerprint density at radius 2 is 1.47 bits per heavy atom. The van der Waals surface area contributed by atoms with Crippen LogP contribution >= 0.6 is 0 Å². The Hall–Kier alpha value is -4.12. The monoisotopic (exact) mass is 422 g/mol. The number of fused-ring (bicyclic) bond motifs is 2. The highest BCUT2D eigenvalue weighted by Crippen LogP contribution is 2.37. The predicted octanol–water partition coefficient (Wildman–Crippen LogP) is 5.06. The van der Waals surface area contributed by atoms with Crippen LogP contribution in [0.1, 0.15) is 11.3 Å². The van der Waals surface area contributed by atoms with Crippen molar-refractivity contribution in [2.24, 2.45) is 0 Å². The first-order valence-corrected chi connectivity index (χ1v) is 10.5. The second-order valence-electron chi connectivity index (χ2n) is 7.96. The molecule has 5 aromatic rings. The molecule has 0 aliphatic carbocycles. The number of benzene rings is 3. The van der Waals surface area contributed by atoms with Gasteiger partial charge in [0.25, 0.3) is 5.56 Å². The highest BCUT2D eigenvalue weighted by Gasteiger charge is 2.20. The number of carboxylic acids is 1. The Kier molecular flexibility index (Phi) is 4.86. The van der Waals surface area contributed by atoms with Crippen LogP contribution < -0.4 is 5.56 Å². The van der Waals surface area contributed by atoms with Crippen molar-refractivity contribution >= 4 is 27.6 Å². The molecule has 2 aromatic heterocycles. The van der Waals surface area contributed by atoms with Gasteiger partial charge in [-0.05, 0) is 30.0 Å². The van der Waals surface area contributed by atoms with E-state index in [0.717, 1.165) is 38.7 Å². The maximum Gasteiger partial charge on any atom is 0.323 e. The summed E-state index contributed by atoms with van der Waals surface area (Å²) in [6, 6.07) is 25.3. The molecule has 0 bridgehead atoms. The molecule has 0 amide bonds. The van der Waals surface area contributed by atoms with E-state index in [1.165, 1.54) is 0 Å². The number of para-hydroxylation sites is 1. The fourth-order valence-corrected chi connectivity index (χ4v) is 4.55. The molecule has 5 rings (SSSR count). The second kappa shape index (κ2) is 7.85. The number of nitrogens with zero attached hydrogens (tertiary/aromatic N) is 2. The molecule has 0 radical (unpaired) electrons. The minimum absolute atomic E-state index is 0.0415. The number of aliphatic carboxylic acids is 1. The Balaban J connectivity index is 1.83. The minimum atomic E-state index is -0.890. The van der Waals surface area contributed by atoms with E-state index in [1.54, 1.807) is 4.57 Å². The van der Waals surface area contributed by atoms with Crippen LogP contribution in [0.4, 0.5) is 0 Å². The van der Waals surface area contributed by atoms with Crippen LogP contribution in [0, 0.1) is 6.92 Å². The smallest absolute Gasteiger partial charge is 0.323 e. The summed E-state index contributed by atoms with van der Waals surface area (Å²) in [5.74, 6) is -0.890. The highest BCUT2D eigenvalue weighted by atomic mass is 16.4. The third kappa shape index (κ3) is 3.28. The van der Waals surface area contributed by atoms with Gasteiger partial charge in [0.1, 0.15) is 6.54 Å². The van der Waals surface area contributed by atoms with E-state index in [-0.39, 0.29) is 12.1 Å². The van der Waals surface area contributed by atoms with Crippen molar-refractivity contribution < 1.29 is 9.90 Å². The van der Waals surface area contributed by atoms with E-state index in [4.69, 9.17) is 0 Å². The van der Waals surface area contributed by atoms with Gasteiger partial charge in [-0.3, -0.25) is 9.59 Å². The number of hydrogen-bond acceptors (Lipinski definition) is 2. The molecular weight excluding hydrogens is 400 g/mol. The molecule has 5 nitrogen and oxygen atoms in total. The number of aromatic nitrogens is 2. The third-order valence-corrected chi connectivity index (χ3v) is 5.98. The summed E-state index contributed by atoms with van der Waals surface area (Å²) in [4.78, 5) is 24.9. The largest absolute Gasteiger partial charge is 0.480 e. The van der Waals surface area contributed by atoms with E-state index in [2.05, 4.69) is 0 Å². The molecule has 2 heterocycles. The Labute approximate surface area is 184 Å². The van der Waals surface area contributed by atoms with E-state index >= 15 is 0 Å². The molecule has 0 fully saturated rings. The minimum Gasteiger partial charge on any atom is -0.480 e. The van der Waals surface area contributed by atoms with Gasteiger partial charge in [0, 0.05) is 39.3 Å². The lowest BCUT2D eigenvalue weighted by atomic mass is 9.98. The van der Waals surface area contributed by atoms with Gasteiger partial charge in [-0.15, -0.1) is 0 Å². The summed E-state index contributed by atoms with van der Waals surface area (Å²) in [6.07, 6.45) is 1.91. The summed E-state index contributed by atoms with van der Waals surface area (Å²) >= 11 is 0. The van der Waals surface area contributed by atoms with Gasteiger partial charge in [0.2, 0.25) is 0 Å². The third-order valence-electron chi connectivity index (χ3n) is 5.98. The number of carbonyl (C=O) groups is 1. The van der Waals surface area contributed by atoms with Crippen molar-refractivity contribution in [2.75, 3.05) is 0 Å². The van der Waals surface area contributed by atoms with Crippen LogP contribution in [0.3, 0.4) is 0 Å². The normalized spacial score (nSPS) is 11.3. The molecule has 0 saturated heterocycles. The average molecular weight is 422 g/mol. The quantitative estimate of drug-likeness (QED) is 0.430. The van der Waals surface area contributed by atoms with Gasteiger partial charge in [0.05, 0.1) is 6.54 Å². The standard InChI is InChI=1S/C27H22N2O3/c1-18-26(22-13-7-8-14-24(22)29(18)17-25(30)31)23-16-28(15-19-9-3-2-4-10-19)27(32)21-12-6-5-11-20(21)23/h2-14,16H,15,17H2,1H3,(H,30,31). The van der Waals surface area contributed by atoms with E-state index in [0.29, 0.717) is 11.9 Å². The van der Waals surface area contributed by atoms with Crippen molar-refractivity contribution in [1.82, 2.24) is 9.13 Å². The van der Waals surface area contributed by atoms with E-state index in [9.17, 15) is 14.7 Å². The topological polar surface area (TPSA) is 64.2 Å². The summed E-state index contributed by atoms with van der Waals surface area (Å²) in [5, 5.41) is 12.0. The first-order chi connectivity index (χ1) is 15.5. The SMILES string of the molecule is Cc1c(-c2cn(Cc3ccccc3)c(=O)c3ccccc23)c2ccccc2n1CC(=O)O. The number of carboxylic acid groups (broad SMARTS) is 1. The fraction of sp³-hybridized carbons (Fsp3) is 0.111. The Bertz CT molecular complexity index is 1530. The van der Waals surface area contributed by atoms with Crippen LogP contribution in [0.25, 0.3) is 32.8 Å². The van der Waals surface area contributed by atoms with Gasteiger partial charge in [-0.2, -0.15) is 0 Å². The molecule has 0 aliphatic rings. The lowest BCUT2D eigenvalue weighted by Gasteiger charge is -2.14. The molecule has 0 aliphatic heterocycles. The zero-order valence-electron chi connectivity index (χ0n) is 17.7. The van der Waals surface area contributed by atoms with Crippen LogP contribution in [-0.2, 0) is 17.9 Å². The van der Waals surface area contributed by atoms with Gasteiger partial charge in [0.15, 0.2) is 0 Å². The average Bonchev–Trinajstić information content (AvgIpc) is 3.07. The summed E-state index contributed by atoms with van der Waals surface area (Å²) in [6.45, 7) is 2.29. The Morgan fingerprint density at radius 3 is 2.19 bits per heavy atom. The van der Waals surface area contributed by atoms with Crippen molar-refractivity contribution in [3.63, 3.8) is 0 Å². The molecular formula is C27H22N2O3. The molecule has 5 heteroatoms. The summed E-state index contributed by atoms with van der Waals surface area (Å²) in [7, 11) is 0. The lowest BCUT2D eigenvalue weighted by molar-refractivity contribution is -0.137. The van der Waals surface area contributed by atoms with Gasteiger partial charge < -0.3 is 14.2 Å². The first kappa shape index (κ1) is 19.8. The Morgan fingerprint density at radius 1 is 0.844 bits per heavy atom. The number of hydrogen-bond donors (Lipinski definition) is 1. The molecule has 158 valence electrons. The highest BCUT2D eigenvalue weighted by molar-refractivity contribution is 6.06. The summed E-state index contributed by atoms with van der Waals surface area (Å²) < 4.78 is 3.57. The van der Waals surface area contributed by atoms with Gasteiger partial charge in [-0.1, -0.05) is 66.7 Å². The van der Waals surface area contributed by atoms with Crippen molar-refractivity contribution in [2.45, 2.75) is 20.0 Å². The van der Waals surface area contributed by atoms with Crippen LogP contribution in [0.5, 0.6) is 0 Å². The van der Waals surface area contributed by atoms with Crippen molar-refractivity contribution in [3.05, 3.63) is 107 Å². The molecule has 0 spiro atoms. The van der Waals surface area contributed by atoms with Crippen molar-refractivity contribution in [3.8, 4) is 11.1 Å². The van der Waals surface area contributed by atoms with Crippen molar-refractivity contribution in [1.29, 1.82) is 0 Å². The lowest BCUT2D eigenvalue weighted by Crippen LogP contribution is -2.21. The molecule has 3 aromatic carbocycles. The molecule has 0 unspecified atom stereocenters. The molecule has 1 N–H and O–H groups in total. The van der Waals surface area contributed by atoms with Gasteiger partial charge in [-0.25, -0.2) is 0 Å². The van der Waals surface area contributed by atoms with E-state index < -0.39 is 5.97 Å². The van der Waals surface area contributed by atoms with Crippen LogP contribution in [0.15, 0.2) is 89.9 Å². The molecule has 0 saturated carbocycles.